The van der Waals surface area contributed by atoms with E-state index in [9.17, 15) is 9.59 Å². The van der Waals surface area contributed by atoms with Gasteiger partial charge in [0, 0.05) is 6.42 Å². The summed E-state index contributed by atoms with van der Waals surface area (Å²) in [6.07, 6.45) is 1.18. The SMILES string of the molecule is CCCC(=O)Nc1ccccc1OCC(=O)O. The molecule has 0 atom stereocenters. The highest BCUT2D eigenvalue weighted by molar-refractivity contribution is 5.92. The number of anilines is 1. The third kappa shape index (κ3) is 4.55. The molecular weight excluding hydrogens is 222 g/mol. The highest BCUT2D eigenvalue weighted by Gasteiger charge is 2.07. The normalized spacial score (nSPS) is 9.71. The van der Waals surface area contributed by atoms with Crippen LogP contribution >= 0.6 is 0 Å². The third-order valence-corrected chi connectivity index (χ3v) is 1.99. The summed E-state index contributed by atoms with van der Waals surface area (Å²) in [6, 6.07) is 6.75. The number of carboxylic acid groups (broad SMARTS) is 1. The molecule has 0 aliphatic carbocycles. The van der Waals surface area contributed by atoms with E-state index >= 15 is 0 Å². The lowest BCUT2D eigenvalue weighted by Gasteiger charge is -2.10. The number of carboxylic acids is 1. The minimum atomic E-state index is -1.06. The van der Waals surface area contributed by atoms with Crippen LogP contribution in [-0.4, -0.2) is 23.6 Å². The van der Waals surface area contributed by atoms with Crippen molar-refractivity contribution in [2.24, 2.45) is 0 Å². The molecule has 0 aliphatic heterocycles. The van der Waals surface area contributed by atoms with Gasteiger partial charge in [0.05, 0.1) is 5.69 Å². The van der Waals surface area contributed by atoms with Crippen molar-refractivity contribution in [1.29, 1.82) is 0 Å². The van der Waals surface area contributed by atoms with Crippen molar-refractivity contribution >= 4 is 17.6 Å². The number of hydrogen-bond acceptors (Lipinski definition) is 3. The molecule has 5 nitrogen and oxygen atoms in total. The van der Waals surface area contributed by atoms with Crippen molar-refractivity contribution in [2.45, 2.75) is 19.8 Å². The lowest BCUT2D eigenvalue weighted by atomic mass is 10.2. The molecule has 0 radical (unpaired) electrons. The zero-order valence-corrected chi connectivity index (χ0v) is 9.60. The Labute approximate surface area is 99.4 Å². The van der Waals surface area contributed by atoms with Crippen molar-refractivity contribution in [2.75, 3.05) is 11.9 Å². The molecule has 5 heteroatoms. The number of aliphatic carboxylic acids is 1. The monoisotopic (exact) mass is 237 g/mol. The summed E-state index contributed by atoms with van der Waals surface area (Å²) >= 11 is 0. The van der Waals surface area contributed by atoms with Crippen molar-refractivity contribution < 1.29 is 19.4 Å². The standard InChI is InChI=1S/C12H15NO4/c1-2-5-11(14)13-9-6-3-4-7-10(9)17-8-12(15)16/h3-4,6-7H,2,5,8H2,1H3,(H,13,14)(H,15,16). The van der Waals surface area contributed by atoms with Crippen molar-refractivity contribution in [3.05, 3.63) is 24.3 Å². The maximum Gasteiger partial charge on any atom is 0.341 e. The fourth-order valence-corrected chi connectivity index (χ4v) is 1.28. The van der Waals surface area contributed by atoms with Gasteiger partial charge in [-0.15, -0.1) is 0 Å². The lowest BCUT2D eigenvalue weighted by molar-refractivity contribution is -0.139. The van der Waals surface area contributed by atoms with E-state index in [1.807, 2.05) is 6.92 Å². The van der Waals surface area contributed by atoms with Crippen LogP contribution in [0.2, 0.25) is 0 Å². The summed E-state index contributed by atoms with van der Waals surface area (Å²) in [5.41, 5.74) is 0.493. The van der Waals surface area contributed by atoms with Crippen molar-refractivity contribution in [3.63, 3.8) is 0 Å². The van der Waals surface area contributed by atoms with Crippen LogP contribution in [0.5, 0.6) is 5.75 Å². The molecule has 92 valence electrons. The summed E-state index contributed by atoms with van der Waals surface area (Å²) in [6.45, 7) is 1.48. The number of rotatable bonds is 6. The Balaban J connectivity index is 2.70. The Hall–Kier alpha value is -2.04. The molecule has 0 saturated carbocycles. The summed E-state index contributed by atoms with van der Waals surface area (Å²) < 4.78 is 5.06. The Morgan fingerprint density at radius 1 is 1.35 bits per heavy atom. The van der Waals surface area contributed by atoms with Gasteiger partial charge < -0.3 is 15.2 Å². The molecule has 0 fully saturated rings. The Morgan fingerprint density at radius 3 is 2.71 bits per heavy atom. The van der Waals surface area contributed by atoms with Crippen LogP contribution in [-0.2, 0) is 9.59 Å². The van der Waals surface area contributed by atoms with Crippen LogP contribution in [0.25, 0.3) is 0 Å². The van der Waals surface area contributed by atoms with Crippen LogP contribution in [0, 0.1) is 0 Å². The van der Waals surface area contributed by atoms with E-state index in [1.54, 1.807) is 24.3 Å². The molecule has 1 aromatic rings. The summed E-state index contributed by atoms with van der Waals surface area (Å²) in [5.74, 6) is -0.807. The molecule has 0 unspecified atom stereocenters. The number of amides is 1. The quantitative estimate of drug-likeness (QED) is 0.792. The van der Waals surface area contributed by atoms with E-state index in [4.69, 9.17) is 9.84 Å². The average molecular weight is 237 g/mol. The van der Waals surface area contributed by atoms with Gasteiger partial charge in [-0.1, -0.05) is 19.1 Å². The van der Waals surface area contributed by atoms with E-state index in [0.29, 0.717) is 17.9 Å². The van der Waals surface area contributed by atoms with Gasteiger partial charge in [-0.2, -0.15) is 0 Å². The van der Waals surface area contributed by atoms with Gasteiger partial charge in [-0.25, -0.2) is 4.79 Å². The largest absolute Gasteiger partial charge is 0.480 e. The topological polar surface area (TPSA) is 75.6 Å². The maximum absolute atomic E-state index is 11.4. The van der Waals surface area contributed by atoms with Gasteiger partial charge in [0.15, 0.2) is 6.61 Å². The van der Waals surface area contributed by atoms with Gasteiger partial charge in [-0.3, -0.25) is 4.79 Å². The molecule has 17 heavy (non-hydrogen) atoms. The number of carbonyl (C=O) groups excluding carboxylic acids is 1. The van der Waals surface area contributed by atoms with Gasteiger partial charge >= 0.3 is 5.97 Å². The van der Waals surface area contributed by atoms with E-state index < -0.39 is 12.6 Å². The number of para-hydroxylation sites is 2. The third-order valence-electron chi connectivity index (χ3n) is 1.99. The first-order valence-electron chi connectivity index (χ1n) is 5.37. The zero-order valence-electron chi connectivity index (χ0n) is 9.60. The molecule has 0 heterocycles. The second-order valence-corrected chi connectivity index (χ2v) is 3.48. The van der Waals surface area contributed by atoms with Gasteiger partial charge in [-0.05, 0) is 18.6 Å². The lowest BCUT2D eigenvalue weighted by Crippen LogP contribution is -2.14. The predicted octanol–water partition coefficient (Wildman–Crippen LogP) is 1.89. The number of ether oxygens (including phenoxy) is 1. The Kier molecular flexibility index (Phi) is 5.00. The van der Waals surface area contributed by atoms with E-state index in [2.05, 4.69) is 5.32 Å². The first-order chi connectivity index (χ1) is 8.13. The number of hydrogen-bond donors (Lipinski definition) is 2. The minimum Gasteiger partial charge on any atom is -0.480 e. The zero-order chi connectivity index (χ0) is 12.7. The summed E-state index contributed by atoms with van der Waals surface area (Å²) in [4.78, 5) is 21.8. The molecular formula is C12H15NO4. The van der Waals surface area contributed by atoms with Crippen molar-refractivity contribution in [3.8, 4) is 5.75 Å². The molecule has 0 saturated heterocycles. The fraction of sp³-hybridized carbons (Fsp3) is 0.333. The summed E-state index contributed by atoms with van der Waals surface area (Å²) in [5, 5.41) is 11.2. The maximum atomic E-state index is 11.4. The van der Waals surface area contributed by atoms with Crippen molar-refractivity contribution in [1.82, 2.24) is 0 Å². The van der Waals surface area contributed by atoms with E-state index in [0.717, 1.165) is 6.42 Å². The molecule has 1 rings (SSSR count). The molecule has 2 N–H and O–H groups in total. The second kappa shape index (κ2) is 6.52. The van der Waals surface area contributed by atoms with Gasteiger partial charge in [0.25, 0.3) is 0 Å². The van der Waals surface area contributed by atoms with E-state index in [-0.39, 0.29) is 5.91 Å². The van der Waals surface area contributed by atoms with Crippen LogP contribution in [0.4, 0.5) is 5.69 Å². The second-order valence-electron chi connectivity index (χ2n) is 3.48. The van der Waals surface area contributed by atoms with Crippen LogP contribution in [0.1, 0.15) is 19.8 Å². The minimum absolute atomic E-state index is 0.112. The predicted molar refractivity (Wildman–Crippen MR) is 63.1 cm³/mol. The first-order valence-corrected chi connectivity index (χ1v) is 5.37. The van der Waals surface area contributed by atoms with Crippen LogP contribution in [0.15, 0.2) is 24.3 Å². The Bertz CT molecular complexity index is 403. The molecule has 0 spiro atoms. The van der Waals surface area contributed by atoms with Crippen LogP contribution < -0.4 is 10.1 Å². The summed E-state index contributed by atoms with van der Waals surface area (Å²) in [7, 11) is 0. The molecule has 0 bridgehead atoms. The van der Waals surface area contributed by atoms with Gasteiger partial charge in [0.1, 0.15) is 5.75 Å². The smallest absolute Gasteiger partial charge is 0.341 e. The first kappa shape index (κ1) is 13.0. The fourth-order valence-electron chi connectivity index (χ4n) is 1.28. The van der Waals surface area contributed by atoms with E-state index in [1.165, 1.54) is 0 Å². The highest BCUT2D eigenvalue weighted by Crippen LogP contribution is 2.23. The average Bonchev–Trinajstić information content (AvgIpc) is 2.28. The molecule has 1 aromatic carbocycles. The molecule has 1 amide bonds. The molecule has 0 aromatic heterocycles. The van der Waals surface area contributed by atoms with Crippen LogP contribution in [0.3, 0.4) is 0 Å². The van der Waals surface area contributed by atoms with Gasteiger partial charge in [0.2, 0.25) is 5.91 Å². The Morgan fingerprint density at radius 2 is 2.06 bits per heavy atom. The molecule has 0 aliphatic rings. The number of nitrogens with one attached hydrogen (secondary N) is 1. The highest BCUT2D eigenvalue weighted by atomic mass is 16.5. The number of benzene rings is 1. The number of carbonyl (C=O) groups is 2.